The maximum absolute atomic E-state index is 12.2. The van der Waals surface area contributed by atoms with Gasteiger partial charge in [-0.3, -0.25) is 9.48 Å². The van der Waals surface area contributed by atoms with Gasteiger partial charge in [-0.2, -0.15) is 10.1 Å². The van der Waals surface area contributed by atoms with Gasteiger partial charge >= 0.3 is 0 Å². The van der Waals surface area contributed by atoms with Crippen LogP contribution in [-0.2, 0) is 11.3 Å². The summed E-state index contributed by atoms with van der Waals surface area (Å²) in [6, 6.07) is 0. The molecule has 148 valence electrons. The summed E-state index contributed by atoms with van der Waals surface area (Å²) >= 11 is 6.37. The van der Waals surface area contributed by atoms with Crippen LogP contribution in [0.1, 0.15) is 19.3 Å². The fourth-order valence-electron chi connectivity index (χ4n) is 3.95. The van der Waals surface area contributed by atoms with Gasteiger partial charge in [0.1, 0.15) is 5.02 Å². The molecule has 1 aliphatic heterocycles. The van der Waals surface area contributed by atoms with Crippen molar-refractivity contribution in [3.8, 4) is 0 Å². The number of hydrogen-bond acceptors (Lipinski definition) is 7. The minimum atomic E-state index is -0.118. The molecule has 5 rings (SSSR count). The number of carbonyl (C=O) groups is 1. The maximum atomic E-state index is 12.2. The summed E-state index contributed by atoms with van der Waals surface area (Å²) in [7, 11) is 0. The Labute approximate surface area is 167 Å². The fraction of sp³-hybridized carbons (Fsp3) is 0.556. The Morgan fingerprint density at radius 2 is 2.25 bits per heavy atom. The van der Waals surface area contributed by atoms with Crippen molar-refractivity contribution in [2.75, 3.05) is 29.9 Å². The van der Waals surface area contributed by atoms with Crippen molar-refractivity contribution in [2.24, 2.45) is 11.8 Å². The first-order valence-corrected chi connectivity index (χ1v) is 9.94. The molecule has 3 fully saturated rings. The Bertz CT molecular complexity index is 915. The number of amides is 1. The number of aliphatic hydroxyl groups is 1. The first kappa shape index (κ1) is 17.7. The van der Waals surface area contributed by atoms with E-state index in [0.717, 1.165) is 38.0 Å². The molecule has 2 atom stereocenters. The highest BCUT2D eigenvalue weighted by Crippen LogP contribution is 2.51. The second kappa shape index (κ2) is 6.59. The van der Waals surface area contributed by atoms with Gasteiger partial charge in [0, 0.05) is 31.1 Å². The predicted molar refractivity (Wildman–Crippen MR) is 104 cm³/mol. The zero-order valence-electron chi connectivity index (χ0n) is 15.3. The number of halogens is 1. The third-order valence-electron chi connectivity index (χ3n) is 5.71. The lowest BCUT2D eigenvalue weighted by molar-refractivity contribution is -0.123. The topological polar surface area (TPSA) is 108 Å². The zero-order valence-corrected chi connectivity index (χ0v) is 16.1. The second-order valence-electron chi connectivity index (χ2n) is 7.91. The number of rotatable bonds is 7. The van der Waals surface area contributed by atoms with E-state index in [4.69, 9.17) is 16.7 Å². The molecule has 2 aromatic heterocycles. The Balaban J connectivity index is 1.29. The number of fused-ring (bicyclic) bond motifs is 1. The molecule has 28 heavy (non-hydrogen) atoms. The van der Waals surface area contributed by atoms with Crippen LogP contribution in [-0.4, -0.2) is 56.0 Å². The van der Waals surface area contributed by atoms with Gasteiger partial charge in [0.15, 0.2) is 5.82 Å². The van der Waals surface area contributed by atoms with Crippen LogP contribution >= 0.6 is 11.6 Å². The van der Waals surface area contributed by atoms with Gasteiger partial charge < -0.3 is 20.6 Å². The molecule has 0 unspecified atom stereocenters. The largest absolute Gasteiger partial charge is 0.394 e. The van der Waals surface area contributed by atoms with Gasteiger partial charge in [0.25, 0.3) is 0 Å². The van der Waals surface area contributed by atoms with Gasteiger partial charge in [-0.05, 0) is 19.3 Å². The van der Waals surface area contributed by atoms with Gasteiger partial charge in [-0.25, -0.2) is 4.98 Å². The van der Waals surface area contributed by atoms with Gasteiger partial charge in [-0.15, -0.1) is 0 Å². The van der Waals surface area contributed by atoms with Gasteiger partial charge in [0.05, 0.1) is 36.8 Å². The highest BCUT2D eigenvalue weighted by atomic mass is 35.5. The molecule has 3 N–H and O–H groups in total. The summed E-state index contributed by atoms with van der Waals surface area (Å²) in [5.74, 6) is 1.97. The summed E-state index contributed by atoms with van der Waals surface area (Å²) in [5.41, 5.74) is 0.617. The van der Waals surface area contributed by atoms with Crippen LogP contribution in [0.4, 0.5) is 17.5 Å². The quantitative estimate of drug-likeness (QED) is 0.636. The van der Waals surface area contributed by atoms with Crippen molar-refractivity contribution in [1.82, 2.24) is 25.1 Å². The number of nitrogens with zero attached hydrogens (tertiary/aromatic N) is 5. The highest BCUT2D eigenvalue weighted by Gasteiger charge is 2.62. The molecule has 3 aliphatic rings. The molecule has 2 aliphatic carbocycles. The Morgan fingerprint density at radius 1 is 1.39 bits per heavy atom. The molecule has 0 radical (unpaired) electrons. The van der Waals surface area contributed by atoms with Gasteiger partial charge in [0.2, 0.25) is 11.9 Å². The Kier molecular flexibility index (Phi) is 4.17. The minimum Gasteiger partial charge on any atom is -0.394 e. The summed E-state index contributed by atoms with van der Waals surface area (Å²) in [6.45, 7) is 2.01. The van der Waals surface area contributed by atoms with Crippen LogP contribution in [0, 0.1) is 11.8 Å². The lowest BCUT2D eigenvalue weighted by atomic mass is 10.2. The number of hydrogen-bond donors (Lipinski definition) is 3. The van der Waals surface area contributed by atoms with E-state index in [-0.39, 0.29) is 24.0 Å². The number of piperidine rings is 1. The van der Waals surface area contributed by atoms with E-state index in [1.807, 2.05) is 0 Å². The molecular formula is C18H22ClN7O2. The van der Waals surface area contributed by atoms with Crippen LogP contribution in [0.15, 0.2) is 18.6 Å². The third-order valence-corrected chi connectivity index (χ3v) is 5.98. The van der Waals surface area contributed by atoms with Crippen LogP contribution in [0.5, 0.6) is 0 Å². The second-order valence-corrected chi connectivity index (χ2v) is 8.31. The van der Waals surface area contributed by atoms with E-state index in [0.29, 0.717) is 29.3 Å². The predicted octanol–water partition coefficient (Wildman–Crippen LogP) is 1.17. The Morgan fingerprint density at radius 3 is 3.04 bits per heavy atom. The van der Waals surface area contributed by atoms with Crippen molar-refractivity contribution in [2.45, 2.75) is 31.3 Å². The minimum absolute atomic E-state index is 0.0257. The number of carbonyl (C=O) groups excluding carboxylic acids is 1. The first-order valence-electron chi connectivity index (χ1n) is 9.56. The smallest absolute Gasteiger partial charge is 0.229 e. The molecule has 0 spiro atoms. The molecule has 0 bridgehead atoms. The normalized spacial score (nSPS) is 25.5. The summed E-state index contributed by atoms with van der Waals surface area (Å²) in [6.07, 6.45) is 8.07. The van der Waals surface area contributed by atoms with Gasteiger partial charge in [-0.1, -0.05) is 11.6 Å². The van der Waals surface area contributed by atoms with Crippen molar-refractivity contribution in [1.29, 1.82) is 0 Å². The maximum Gasteiger partial charge on any atom is 0.229 e. The molecular weight excluding hydrogens is 382 g/mol. The molecule has 0 aromatic carbocycles. The number of aliphatic hydroxyl groups excluding tert-OH is 1. The first-order chi connectivity index (χ1) is 13.6. The standard InChI is InChI=1S/C18H22ClN7O2/c19-14-7-20-17(22-13-6-21-26(9-13)3-4-27)23-15(14)25-8-12-5-18(12,10-25)24-16(28)11-1-2-11/h6-7,9,11-12,27H,1-5,8,10H2,(H,24,28)(H,20,22,23)/t12-,18-/m1/s1. The van der Waals surface area contributed by atoms with E-state index in [2.05, 4.69) is 30.6 Å². The Hall–Kier alpha value is -2.39. The molecule has 2 saturated carbocycles. The summed E-state index contributed by atoms with van der Waals surface area (Å²) in [4.78, 5) is 23.2. The third kappa shape index (κ3) is 3.29. The van der Waals surface area contributed by atoms with Crippen LogP contribution in [0.25, 0.3) is 0 Å². The average Bonchev–Trinajstić information content (AvgIpc) is 3.56. The van der Waals surface area contributed by atoms with Crippen LogP contribution in [0.3, 0.4) is 0 Å². The van der Waals surface area contributed by atoms with E-state index < -0.39 is 0 Å². The highest BCUT2D eigenvalue weighted by molar-refractivity contribution is 6.32. The van der Waals surface area contributed by atoms with Crippen LogP contribution < -0.4 is 15.5 Å². The van der Waals surface area contributed by atoms with Crippen molar-refractivity contribution in [3.05, 3.63) is 23.6 Å². The number of anilines is 3. The van der Waals surface area contributed by atoms with E-state index in [1.54, 1.807) is 23.3 Å². The fourth-order valence-corrected chi connectivity index (χ4v) is 4.16. The lowest BCUT2D eigenvalue weighted by Gasteiger charge is -2.23. The monoisotopic (exact) mass is 403 g/mol. The van der Waals surface area contributed by atoms with Crippen LogP contribution in [0.2, 0.25) is 5.02 Å². The number of aromatic nitrogens is 4. The SMILES string of the molecule is O=C(N[C@@]12C[C@@H]1CN(c1nc(Nc3cnn(CCO)c3)ncc1Cl)C2)C1CC1. The van der Waals surface area contributed by atoms with Crippen molar-refractivity contribution in [3.63, 3.8) is 0 Å². The molecule has 3 heterocycles. The molecule has 10 heteroatoms. The molecule has 2 aromatic rings. The van der Waals surface area contributed by atoms with E-state index in [1.165, 1.54) is 0 Å². The van der Waals surface area contributed by atoms with E-state index >= 15 is 0 Å². The van der Waals surface area contributed by atoms with Crippen molar-refractivity contribution >= 4 is 35.0 Å². The average molecular weight is 404 g/mol. The van der Waals surface area contributed by atoms with Crippen molar-refractivity contribution < 1.29 is 9.90 Å². The zero-order chi connectivity index (χ0) is 19.3. The van der Waals surface area contributed by atoms with E-state index in [9.17, 15) is 4.79 Å². The summed E-state index contributed by atoms with van der Waals surface area (Å²) < 4.78 is 1.64. The number of nitrogens with one attached hydrogen (secondary N) is 2. The molecule has 1 saturated heterocycles. The lowest BCUT2D eigenvalue weighted by Crippen LogP contribution is -2.43. The molecule has 1 amide bonds. The molecule has 9 nitrogen and oxygen atoms in total. The summed E-state index contributed by atoms with van der Waals surface area (Å²) in [5, 5.41) is 20.0.